The first kappa shape index (κ1) is 30.0. The van der Waals surface area contributed by atoms with Crippen LogP contribution in [0.4, 0.5) is 15.8 Å². The number of thiazole rings is 1. The molecule has 6 rings (SSSR count). The molecule has 0 aliphatic carbocycles. The van der Waals surface area contributed by atoms with Crippen LogP contribution in [0.5, 0.6) is 0 Å². The molecule has 2 aliphatic rings. The molecule has 0 spiro atoms. The van der Waals surface area contributed by atoms with E-state index in [4.69, 9.17) is 4.74 Å². The normalized spacial score (nSPS) is 19.0. The Morgan fingerprint density at radius 3 is 2.30 bits per heavy atom. The number of amides is 3. The lowest BCUT2D eigenvalue weighted by molar-refractivity contribution is -0.122. The molecule has 9 nitrogen and oxygen atoms in total. The van der Waals surface area contributed by atoms with Crippen LogP contribution in [0.2, 0.25) is 0 Å². The van der Waals surface area contributed by atoms with Gasteiger partial charge in [0.05, 0.1) is 28.8 Å². The second-order valence-electron chi connectivity index (χ2n) is 10.1. The number of aromatic nitrogens is 1. The van der Waals surface area contributed by atoms with Gasteiger partial charge in [0.15, 0.2) is 0 Å². The number of rotatable bonds is 7. The minimum atomic E-state index is -0.867. The molecule has 0 radical (unpaired) electrons. The maximum atomic E-state index is 14.0. The molecule has 1 N–H and O–H groups in total. The Morgan fingerprint density at radius 1 is 0.955 bits per heavy atom. The van der Waals surface area contributed by atoms with E-state index < -0.39 is 51.5 Å². The van der Waals surface area contributed by atoms with Crippen molar-refractivity contribution in [2.24, 2.45) is 5.92 Å². The van der Waals surface area contributed by atoms with Crippen LogP contribution in [0.1, 0.15) is 33.6 Å². The number of benzene rings is 3. The van der Waals surface area contributed by atoms with Crippen molar-refractivity contribution < 1.29 is 28.3 Å². The van der Waals surface area contributed by atoms with E-state index in [2.05, 4.69) is 21.2 Å². The summed E-state index contributed by atoms with van der Waals surface area (Å²) in [6, 6.07) is 18.7. The second kappa shape index (κ2) is 12.1. The second-order valence-corrected chi connectivity index (χ2v) is 13.1. The number of anilines is 2. The van der Waals surface area contributed by atoms with Crippen LogP contribution in [0.3, 0.4) is 0 Å². The van der Waals surface area contributed by atoms with Gasteiger partial charge in [-0.25, -0.2) is 14.1 Å². The van der Waals surface area contributed by atoms with Crippen molar-refractivity contribution in [3.05, 3.63) is 109 Å². The molecule has 44 heavy (non-hydrogen) atoms. The lowest BCUT2D eigenvalue weighted by Crippen LogP contribution is -2.33. The molecule has 13 heteroatoms. The van der Waals surface area contributed by atoms with Crippen molar-refractivity contribution in [3.63, 3.8) is 0 Å². The van der Waals surface area contributed by atoms with Gasteiger partial charge in [0.2, 0.25) is 17.7 Å². The summed E-state index contributed by atoms with van der Waals surface area (Å²) in [5, 5.41) is 2.25. The topological polar surface area (TPSA) is 115 Å². The van der Waals surface area contributed by atoms with Gasteiger partial charge in [-0.05, 0) is 73.2 Å². The van der Waals surface area contributed by atoms with Crippen molar-refractivity contribution in [2.45, 2.75) is 29.7 Å². The van der Waals surface area contributed by atoms with Gasteiger partial charge in [0.25, 0.3) is 0 Å². The van der Waals surface area contributed by atoms with Crippen molar-refractivity contribution in [1.82, 2.24) is 4.57 Å². The summed E-state index contributed by atoms with van der Waals surface area (Å²) in [4.78, 5) is 67.7. The van der Waals surface area contributed by atoms with Crippen molar-refractivity contribution in [1.29, 1.82) is 0 Å². The van der Waals surface area contributed by atoms with Crippen LogP contribution < -0.4 is 15.1 Å². The number of halogens is 2. The number of ether oxygens (including phenoxy) is 1. The van der Waals surface area contributed by atoms with Gasteiger partial charge in [0.1, 0.15) is 17.6 Å². The fraction of sp³-hybridized carbons (Fsp3) is 0.194. The first-order chi connectivity index (χ1) is 21.2. The van der Waals surface area contributed by atoms with E-state index in [9.17, 15) is 28.4 Å². The smallest absolute Gasteiger partial charge is 0.338 e. The molecular weight excluding hydrogens is 673 g/mol. The molecule has 224 valence electrons. The van der Waals surface area contributed by atoms with Gasteiger partial charge in [-0.15, -0.1) is 0 Å². The molecule has 1 fully saturated rings. The average Bonchev–Trinajstić information content (AvgIpc) is 3.45. The first-order valence-corrected chi connectivity index (χ1v) is 16.0. The number of hydrogen-bond donors (Lipinski definition) is 1. The van der Waals surface area contributed by atoms with E-state index in [1.807, 2.05) is 24.3 Å². The zero-order chi connectivity index (χ0) is 31.1. The van der Waals surface area contributed by atoms with Crippen molar-refractivity contribution >= 4 is 74.1 Å². The monoisotopic (exact) mass is 695 g/mol. The van der Waals surface area contributed by atoms with Crippen LogP contribution >= 0.6 is 39.0 Å². The van der Waals surface area contributed by atoms with Crippen LogP contribution in [-0.2, 0) is 25.7 Å². The van der Waals surface area contributed by atoms with Gasteiger partial charge in [-0.2, -0.15) is 0 Å². The summed E-state index contributed by atoms with van der Waals surface area (Å²) in [6.45, 7) is 1.58. The predicted molar refractivity (Wildman–Crippen MR) is 168 cm³/mol. The van der Waals surface area contributed by atoms with Crippen LogP contribution in [0.25, 0.3) is 0 Å². The summed E-state index contributed by atoms with van der Waals surface area (Å²) in [6.07, 6.45) is 0. The Labute approximate surface area is 267 Å². The van der Waals surface area contributed by atoms with E-state index in [0.29, 0.717) is 26.8 Å². The lowest BCUT2D eigenvalue weighted by atomic mass is 9.83. The maximum Gasteiger partial charge on any atom is 0.338 e. The quantitative estimate of drug-likeness (QED) is 0.203. The number of carbonyl (C=O) groups is 4. The fourth-order valence-corrected chi connectivity index (χ4v) is 8.41. The summed E-state index contributed by atoms with van der Waals surface area (Å²) in [7, 11) is 0. The van der Waals surface area contributed by atoms with Gasteiger partial charge in [0, 0.05) is 21.0 Å². The third-order valence-electron chi connectivity index (χ3n) is 7.34. The highest BCUT2D eigenvalue weighted by Gasteiger charge is 2.56. The fourth-order valence-electron chi connectivity index (χ4n) is 5.38. The standard InChI is InChI=1S/C31H23BrFN3O6S2/c1-2-42-30(40)17-5-13-21(14-6-17)36-27(38)24-23(16-3-7-18(32)8-4-16)26-29(43-25(24)28(36)39)35(31(41)44-26)15-22(37)34-20-11-9-19(33)10-12-20/h3-14,23-25H,2,15H2,1H3,(H,34,37)/t23-,24-,25+/m0/s1. The molecule has 1 aromatic heterocycles. The molecule has 3 heterocycles. The Hall–Kier alpha value is -4.07. The number of hydrogen-bond acceptors (Lipinski definition) is 8. The average molecular weight is 697 g/mol. The predicted octanol–water partition coefficient (Wildman–Crippen LogP) is 5.42. The number of thioether (sulfide) groups is 1. The number of esters is 1. The number of fused-ring (bicyclic) bond motifs is 2. The van der Waals surface area contributed by atoms with E-state index in [0.717, 1.165) is 38.0 Å². The molecule has 0 unspecified atom stereocenters. The highest BCUT2D eigenvalue weighted by Crippen LogP contribution is 2.54. The highest BCUT2D eigenvalue weighted by atomic mass is 79.9. The summed E-state index contributed by atoms with van der Waals surface area (Å²) < 4.78 is 20.5. The Kier molecular flexibility index (Phi) is 8.27. The van der Waals surface area contributed by atoms with Crippen molar-refractivity contribution in [2.75, 3.05) is 16.8 Å². The highest BCUT2D eigenvalue weighted by molar-refractivity contribution is 9.10. The van der Waals surface area contributed by atoms with Crippen LogP contribution in [0, 0.1) is 11.7 Å². The van der Waals surface area contributed by atoms with E-state index in [-0.39, 0.29) is 13.2 Å². The SMILES string of the molecule is CCOC(=O)c1ccc(N2C(=O)[C@H]3[C@H](c4ccc(Br)cc4)c4sc(=O)n(CC(=O)Nc5ccc(F)cc5)c4S[C@H]3C2=O)cc1. The maximum absolute atomic E-state index is 14.0. The van der Waals surface area contributed by atoms with Gasteiger partial charge < -0.3 is 10.1 Å². The molecule has 2 aliphatic heterocycles. The Morgan fingerprint density at radius 2 is 1.64 bits per heavy atom. The zero-order valence-electron chi connectivity index (χ0n) is 23.0. The minimum absolute atomic E-state index is 0.213. The molecule has 4 aromatic rings. The first-order valence-electron chi connectivity index (χ1n) is 13.5. The lowest BCUT2D eigenvalue weighted by Gasteiger charge is -2.30. The van der Waals surface area contributed by atoms with Crippen LogP contribution in [0.15, 0.2) is 87.1 Å². The molecule has 1 saturated heterocycles. The number of nitrogens with one attached hydrogen (secondary N) is 1. The molecule has 3 aromatic carbocycles. The van der Waals surface area contributed by atoms with Gasteiger partial charge in [-0.1, -0.05) is 51.2 Å². The summed E-state index contributed by atoms with van der Waals surface area (Å²) >= 11 is 5.48. The third-order valence-corrected chi connectivity index (χ3v) is 10.5. The largest absolute Gasteiger partial charge is 0.462 e. The van der Waals surface area contributed by atoms with Gasteiger partial charge >= 0.3 is 10.8 Å². The van der Waals surface area contributed by atoms with Gasteiger partial charge in [-0.3, -0.25) is 23.7 Å². The third kappa shape index (κ3) is 5.51. The number of imide groups is 1. The minimum Gasteiger partial charge on any atom is -0.462 e. The van der Waals surface area contributed by atoms with E-state index in [1.54, 1.807) is 6.92 Å². The number of carbonyl (C=O) groups excluding carboxylic acids is 4. The summed E-state index contributed by atoms with van der Waals surface area (Å²) in [5.74, 6) is -3.77. The van der Waals surface area contributed by atoms with Crippen molar-refractivity contribution in [3.8, 4) is 0 Å². The molecule has 0 saturated carbocycles. The summed E-state index contributed by atoms with van der Waals surface area (Å²) in [5.41, 5.74) is 1.72. The molecule has 0 bridgehead atoms. The van der Waals surface area contributed by atoms with E-state index in [1.165, 1.54) is 53.1 Å². The number of nitrogens with zero attached hydrogens (tertiary/aromatic N) is 2. The Bertz CT molecular complexity index is 1840. The molecular formula is C31H23BrFN3O6S2. The Balaban J connectivity index is 1.36. The van der Waals surface area contributed by atoms with Crippen LogP contribution in [-0.4, -0.2) is 40.1 Å². The molecule has 3 amide bonds. The van der Waals surface area contributed by atoms with E-state index >= 15 is 0 Å². The zero-order valence-corrected chi connectivity index (χ0v) is 26.2. The molecule has 3 atom stereocenters.